The molecule has 0 saturated carbocycles. The average molecular weight is 303 g/mol. The Kier molecular flexibility index (Phi) is 3.62. The number of hydrogen-bond acceptors (Lipinski definition) is 2. The van der Waals surface area contributed by atoms with Crippen molar-refractivity contribution in [3.63, 3.8) is 0 Å². The summed E-state index contributed by atoms with van der Waals surface area (Å²) in [5.41, 5.74) is 1.38. The number of para-hydroxylation sites is 2. The van der Waals surface area contributed by atoms with Crippen LogP contribution in [0.1, 0.15) is 5.56 Å². The van der Waals surface area contributed by atoms with Crippen LogP contribution in [0, 0.1) is 5.82 Å². The van der Waals surface area contributed by atoms with Crippen molar-refractivity contribution in [3.8, 4) is 0 Å². The highest BCUT2D eigenvalue weighted by Crippen LogP contribution is 2.23. The van der Waals surface area contributed by atoms with E-state index < -0.39 is 5.82 Å². The van der Waals surface area contributed by atoms with Gasteiger partial charge in [0.2, 0.25) is 5.56 Å². The van der Waals surface area contributed by atoms with Gasteiger partial charge in [-0.15, -0.1) is 0 Å². The quantitative estimate of drug-likeness (QED) is 0.770. The van der Waals surface area contributed by atoms with Crippen molar-refractivity contribution in [2.75, 3.05) is 5.32 Å². The molecule has 0 spiro atoms. The van der Waals surface area contributed by atoms with Crippen LogP contribution in [0.5, 0.6) is 0 Å². The first-order valence-electron chi connectivity index (χ1n) is 6.44. The van der Waals surface area contributed by atoms with Crippen LogP contribution in [0.4, 0.5) is 10.1 Å². The van der Waals surface area contributed by atoms with Gasteiger partial charge in [-0.3, -0.25) is 4.79 Å². The van der Waals surface area contributed by atoms with E-state index in [4.69, 9.17) is 11.6 Å². The van der Waals surface area contributed by atoms with Gasteiger partial charge in [0.15, 0.2) is 0 Å². The Labute approximate surface area is 125 Å². The number of rotatable bonds is 3. The summed E-state index contributed by atoms with van der Waals surface area (Å²) in [5.74, 6) is -0.441. The van der Waals surface area contributed by atoms with Crippen LogP contribution in [0.3, 0.4) is 0 Å². The standard InChI is InChI=1S/C16H12ClFN2O/c17-12-5-1-2-7-14(12)19-9-10-8-15(21)20-16-11(10)4-3-6-13(16)18/h1-8,19H,9H2,(H,20,21). The number of H-pyrrole nitrogens is 1. The van der Waals surface area contributed by atoms with Gasteiger partial charge < -0.3 is 10.3 Å². The zero-order chi connectivity index (χ0) is 14.8. The van der Waals surface area contributed by atoms with E-state index in [1.165, 1.54) is 12.1 Å². The first-order valence-corrected chi connectivity index (χ1v) is 6.82. The van der Waals surface area contributed by atoms with Crippen LogP contribution in [0.25, 0.3) is 10.9 Å². The lowest BCUT2D eigenvalue weighted by molar-refractivity contribution is 0.636. The summed E-state index contributed by atoms with van der Waals surface area (Å²) >= 11 is 6.07. The molecule has 3 rings (SSSR count). The highest BCUT2D eigenvalue weighted by atomic mass is 35.5. The highest BCUT2D eigenvalue weighted by molar-refractivity contribution is 6.33. The molecule has 3 aromatic rings. The number of nitrogens with one attached hydrogen (secondary N) is 2. The molecule has 21 heavy (non-hydrogen) atoms. The fourth-order valence-electron chi connectivity index (χ4n) is 2.26. The van der Waals surface area contributed by atoms with E-state index in [0.29, 0.717) is 22.5 Å². The molecule has 1 aromatic heterocycles. The van der Waals surface area contributed by atoms with Gasteiger partial charge in [-0.2, -0.15) is 0 Å². The molecule has 0 bridgehead atoms. The zero-order valence-corrected chi connectivity index (χ0v) is 11.7. The predicted octanol–water partition coefficient (Wildman–Crippen LogP) is 3.93. The molecule has 0 atom stereocenters. The number of anilines is 1. The van der Waals surface area contributed by atoms with E-state index in [1.54, 1.807) is 18.2 Å². The number of pyridine rings is 1. The fraction of sp³-hybridized carbons (Fsp3) is 0.0625. The summed E-state index contributed by atoms with van der Waals surface area (Å²) in [5, 5.41) is 4.43. The van der Waals surface area contributed by atoms with Crippen LogP contribution in [0.2, 0.25) is 5.02 Å². The Morgan fingerprint density at radius 3 is 2.76 bits per heavy atom. The molecule has 3 nitrogen and oxygen atoms in total. The predicted molar refractivity (Wildman–Crippen MR) is 83.3 cm³/mol. The van der Waals surface area contributed by atoms with Crippen LogP contribution < -0.4 is 10.9 Å². The van der Waals surface area contributed by atoms with E-state index in [2.05, 4.69) is 10.3 Å². The molecule has 0 aliphatic heterocycles. The van der Waals surface area contributed by atoms with Gasteiger partial charge in [0.1, 0.15) is 5.82 Å². The Hall–Kier alpha value is -2.33. The van der Waals surface area contributed by atoms with Crippen molar-refractivity contribution >= 4 is 28.2 Å². The molecule has 106 valence electrons. The van der Waals surface area contributed by atoms with Crippen molar-refractivity contribution in [2.45, 2.75) is 6.54 Å². The molecule has 0 radical (unpaired) electrons. The number of aromatic nitrogens is 1. The minimum Gasteiger partial charge on any atom is -0.380 e. The summed E-state index contributed by atoms with van der Waals surface area (Å²) in [4.78, 5) is 14.2. The zero-order valence-electron chi connectivity index (χ0n) is 11.0. The van der Waals surface area contributed by atoms with E-state index in [1.807, 2.05) is 18.2 Å². The molecule has 2 aromatic carbocycles. The second-order valence-electron chi connectivity index (χ2n) is 4.65. The number of aromatic amines is 1. The second-order valence-corrected chi connectivity index (χ2v) is 5.06. The highest BCUT2D eigenvalue weighted by Gasteiger charge is 2.07. The van der Waals surface area contributed by atoms with Crippen LogP contribution in [0.15, 0.2) is 53.3 Å². The molecule has 0 aliphatic carbocycles. The van der Waals surface area contributed by atoms with Gasteiger partial charge in [0.05, 0.1) is 16.2 Å². The number of fused-ring (bicyclic) bond motifs is 1. The topological polar surface area (TPSA) is 44.9 Å². The lowest BCUT2D eigenvalue weighted by Crippen LogP contribution is -2.10. The van der Waals surface area contributed by atoms with Gasteiger partial charge >= 0.3 is 0 Å². The fourth-order valence-corrected chi connectivity index (χ4v) is 2.46. The molecule has 0 aliphatic rings. The van der Waals surface area contributed by atoms with Crippen molar-refractivity contribution in [1.82, 2.24) is 4.98 Å². The van der Waals surface area contributed by atoms with Crippen LogP contribution >= 0.6 is 11.6 Å². The molecular weight excluding hydrogens is 291 g/mol. The largest absolute Gasteiger partial charge is 0.380 e. The van der Waals surface area contributed by atoms with Crippen LogP contribution in [-0.2, 0) is 6.54 Å². The summed E-state index contributed by atoms with van der Waals surface area (Å²) in [7, 11) is 0. The number of halogens is 2. The first-order chi connectivity index (χ1) is 10.1. The number of benzene rings is 2. The average Bonchev–Trinajstić information content (AvgIpc) is 2.47. The first kappa shape index (κ1) is 13.6. The van der Waals surface area contributed by atoms with Crippen molar-refractivity contribution in [2.24, 2.45) is 0 Å². The molecule has 0 amide bonds. The van der Waals surface area contributed by atoms with Gasteiger partial charge in [-0.1, -0.05) is 35.9 Å². The van der Waals surface area contributed by atoms with Crippen molar-refractivity contribution in [3.05, 3.63) is 75.3 Å². The van der Waals surface area contributed by atoms with E-state index in [9.17, 15) is 9.18 Å². The SMILES string of the molecule is O=c1cc(CNc2ccccc2Cl)c2cccc(F)c2[nH]1. The Balaban J connectivity index is 1.99. The van der Waals surface area contributed by atoms with Gasteiger partial charge in [-0.05, 0) is 23.8 Å². The lowest BCUT2D eigenvalue weighted by Gasteiger charge is -2.10. The van der Waals surface area contributed by atoms with E-state index in [-0.39, 0.29) is 11.1 Å². The smallest absolute Gasteiger partial charge is 0.248 e. The van der Waals surface area contributed by atoms with Crippen LogP contribution in [-0.4, -0.2) is 4.98 Å². The lowest BCUT2D eigenvalue weighted by atomic mass is 10.1. The van der Waals surface area contributed by atoms with Gasteiger partial charge in [-0.25, -0.2) is 4.39 Å². The maximum Gasteiger partial charge on any atom is 0.248 e. The molecule has 1 heterocycles. The molecule has 0 unspecified atom stereocenters. The maximum atomic E-state index is 13.8. The minimum absolute atomic E-state index is 0.223. The molecular formula is C16H12ClFN2O. The molecule has 0 saturated heterocycles. The third-order valence-corrected chi connectivity index (χ3v) is 3.59. The molecule has 2 N–H and O–H groups in total. The monoisotopic (exact) mass is 302 g/mol. The number of hydrogen-bond donors (Lipinski definition) is 2. The van der Waals surface area contributed by atoms with E-state index in [0.717, 1.165) is 5.69 Å². The Bertz CT molecular complexity index is 860. The van der Waals surface area contributed by atoms with Gasteiger partial charge in [0, 0.05) is 18.0 Å². The maximum absolute atomic E-state index is 13.8. The third kappa shape index (κ3) is 2.76. The molecule has 0 fully saturated rings. The Morgan fingerprint density at radius 1 is 1.14 bits per heavy atom. The Morgan fingerprint density at radius 2 is 1.95 bits per heavy atom. The van der Waals surface area contributed by atoms with E-state index >= 15 is 0 Å². The summed E-state index contributed by atoms with van der Waals surface area (Å²) in [6.07, 6.45) is 0. The molecule has 5 heteroatoms. The normalized spacial score (nSPS) is 10.8. The van der Waals surface area contributed by atoms with Crippen molar-refractivity contribution < 1.29 is 4.39 Å². The third-order valence-electron chi connectivity index (χ3n) is 3.26. The van der Waals surface area contributed by atoms with Crippen molar-refractivity contribution in [1.29, 1.82) is 0 Å². The second kappa shape index (κ2) is 5.58. The summed E-state index contributed by atoms with van der Waals surface area (Å²) in [6.45, 7) is 0.383. The summed E-state index contributed by atoms with van der Waals surface area (Å²) < 4.78 is 13.8. The van der Waals surface area contributed by atoms with Gasteiger partial charge in [0.25, 0.3) is 0 Å². The minimum atomic E-state index is -0.441. The summed E-state index contributed by atoms with van der Waals surface area (Å²) in [6, 6.07) is 13.5.